The predicted octanol–water partition coefficient (Wildman–Crippen LogP) is 4.36. The fourth-order valence-corrected chi connectivity index (χ4v) is 4.26. The minimum atomic E-state index is -0.758. The lowest BCUT2D eigenvalue weighted by molar-refractivity contribution is -0.139. The average molecular weight is 488 g/mol. The molecule has 3 aromatic rings. The summed E-state index contributed by atoms with van der Waals surface area (Å²) < 4.78 is 13.1. The zero-order valence-electron chi connectivity index (χ0n) is 20.2. The number of hydrogen-bond donors (Lipinski definition) is 1. The number of imidazole rings is 1. The molecule has 2 aromatic carbocycles. The number of aryl methyl sites for hydroxylation is 1. The van der Waals surface area contributed by atoms with E-state index in [1.807, 2.05) is 23.8 Å². The van der Waals surface area contributed by atoms with Gasteiger partial charge in [-0.1, -0.05) is 24.8 Å². The minimum absolute atomic E-state index is 0.0488. The third-order valence-corrected chi connectivity index (χ3v) is 5.89. The fourth-order valence-electron chi connectivity index (χ4n) is 4.26. The molecule has 0 aliphatic carbocycles. The predicted molar refractivity (Wildman–Crippen MR) is 136 cm³/mol. The molecule has 1 aromatic heterocycles. The van der Waals surface area contributed by atoms with Gasteiger partial charge in [0, 0.05) is 31.0 Å². The second kappa shape index (κ2) is 11.4. The average Bonchev–Trinajstić information content (AvgIpc) is 3.50. The van der Waals surface area contributed by atoms with Crippen molar-refractivity contribution in [3.63, 3.8) is 0 Å². The Labute approximate surface area is 210 Å². The molecular formula is C28H29N3O5. The van der Waals surface area contributed by atoms with E-state index in [1.165, 1.54) is 4.90 Å². The van der Waals surface area contributed by atoms with Gasteiger partial charge < -0.3 is 24.0 Å². The van der Waals surface area contributed by atoms with Crippen molar-refractivity contribution in [1.29, 1.82) is 0 Å². The molecule has 8 heteroatoms. The number of aliphatic hydroxyl groups is 1. The first-order valence-corrected chi connectivity index (χ1v) is 11.8. The van der Waals surface area contributed by atoms with Crippen LogP contribution in [0, 0.1) is 0 Å². The first-order valence-electron chi connectivity index (χ1n) is 11.8. The summed E-state index contributed by atoms with van der Waals surface area (Å²) in [6.45, 7) is 7.35. The van der Waals surface area contributed by atoms with Gasteiger partial charge in [-0.15, -0.1) is 0 Å². The molecule has 1 aliphatic rings. The molecule has 1 fully saturated rings. The van der Waals surface area contributed by atoms with Crippen LogP contribution >= 0.6 is 0 Å². The molecule has 0 bridgehead atoms. The number of rotatable bonds is 11. The van der Waals surface area contributed by atoms with E-state index in [-0.39, 0.29) is 11.3 Å². The molecule has 0 spiro atoms. The first-order chi connectivity index (χ1) is 17.5. The maximum absolute atomic E-state index is 13.2. The Morgan fingerprint density at radius 1 is 1.11 bits per heavy atom. The molecule has 1 saturated heterocycles. The molecule has 186 valence electrons. The molecule has 0 saturated carbocycles. The summed E-state index contributed by atoms with van der Waals surface area (Å²) in [6, 6.07) is 13.2. The van der Waals surface area contributed by atoms with Gasteiger partial charge in [0.2, 0.25) is 0 Å². The van der Waals surface area contributed by atoms with Crippen LogP contribution < -0.4 is 9.47 Å². The number of carbonyl (C=O) groups excluding carboxylic acids is 2. The van der Waals surface area contributed by atoms with Crippen molar-refractivity contribution in [3.05, 3.63) is 96.6 Å². The highest BCUT2D eigenvalue weighted by Gasteiger charge is 2.45. The first kappa shape index (κ1) is 24.8. The maximum Gasteiger partial charge on any atom is 0.295 e. The Morgan fingerprint density at radius 3 is 2.61 bits per heavy atom. The number of hydrogen-bond acceptors (Lipinski definition) is 6. The molecule has 0 radical (unpaired) electrons. The van der Waals surface area contributed by atoms with E-state index in [0.29, 0.717) is 55.4 Å². The Morgan fingerprint density at radius 2 is 1.92 bits per heavy atom. The van der Waals surface area contributed by atoms with Gasteiger partial charge in [0.15, 0.2) is 0 Å². The second-order valence-corrected chi connectivity index (χ2v) is 8.28. The number of ether oxygens (including phenoxy) is 2. The highest BCUT2D eigenvalue weighted by Crippen LogP contribution is 2.40. The van der Waals surface area contributed by atoms with E-state index in [1.54, 1.807) is 61.1 Å². The fraction of sp³-hybridized carbons (Fsp3) is 0.250. The van der Waals surface area contributed by atoms with Crippen molar-refractivity contribution in [2.45, 2.75) is 25.9 Å². The standard InChI is InChI=1S/C28H29N3O5/c1-3-17-36-23-8-5-7-21(18-23)25-24(26(32)20-9-11-22(12-10-20)35-4-2)27(33)28(34)31(25)15-6-14-30-16-13-29-19-30/h3,5,7-13,16,18-19,25,32H,1,4,6,14-15,17H2,2H3/b26-24+. The number of benzene rings is 2. The molecule has 36 heavy (non-hydrogen) atoms. The van der Waals surface area contributed by atoms with E-state index in [9.17, 15) is 14.7 Å². The van der Waals surface area contributed by atoms with Crippen molar-refractivity contribution >= 4 is 17.4 Å². The zero-order chi connectivity index (χ0) is 25.5. The molecule has 1 atom stereocenters. The summed E-state index contributed by atoms with van der Waals surface area (Å²) in [4.78, 5) is 32.0. The SMILES string of the molecule is C=CCOc1cccc(C2/C(=C(\O)c3ccc(OCC)cc3)C(=O)C(=O)N2CCCn2ccnc2)c1. The summed E-state index contributed by atoms with van der Waals surface area (Å²) in [5.41, 5.74) is 1.15. The lowest BCUT2D eigenvalue weighted by Gasteiger charge is -2.25. The van der Waals surface area contributed by atoms with Crippen LogP contribution in [0.2, 0.25) is 0 Å². The quantitative estimate of drug-likeness (QED) is 0.187. The van der Waals surface area contributed by atoms with Crippen molar-refractivity contribution in [1.82, 2.24) is 14.5 Å². The van der Waals surface area contributed by atoms with Gasteiger partial charge in [0.05, 0.1) is 24.5 Å². The normalized spacial score (nSPS) is 16.8. The van der Waals surface area contributed by atoms with E-state index >= 15 is 0 Å². The van der Waals surface area contributed by atoms with Crippen LogP contribution in [0.25, 0.3) is 5.76 Å². The van der Waals surface area contributed by atoms with Gasteiger partial charge in [-0.05, 0) is 55.3 Å². The summed E-state index contributed by atoms with van der Waals surface area (Å²) in [5, 5.41) is 11.2. The van der Waals surface area contributed by atoms with Crippen LogP contribution in [-0.2, 0) is 16.1 Å². The number of aliphatic hydroxyl groups excluding tert-OH is 1. The van der Waals surface area contributed by atoms with Crippen LogP contribution in [0.3, 0.4) is 0 Å². The Balaban J connectivity index is 1.72. The molecule has 1 unspecified atom stereocenters. The summed E-state index contributed by atoms with van der Waals surface area (Å²) in [5.74, 6) is -0.354. The third kappa shape index (κ3) is 5.33. The lowest BCUT2D eigenvalue weighted by Crippen LogP contribution is -2.31. The van der Waals surface area contributed by atoms with Crippen molar-refractivity contribution in [2.24, 2.45) is 0 Å². The third-order valence-electron chi connectivity index (χ3n) is 5.89. The van der Waals surface area contributed by atoms with Crippen LogP contribution in [-0.4, -0.2) is 51.0 Å². The summed E-state index contributed by atoms with van der Waals surface area (Å²) in [6.07, 6.45) is 7.49. The number of carbonyl (C=O) groups is 2. The smallest absolute Gasteiger partial charge is 0.295 e. The Hall–Kier alpha value is -4.33. The molecule has 1 N–H and O–H groups in total. The minimum Gasteiger partial charge on any atom is -0.507 e. The van der Waals surface area contributed by atoms with Crippen LogP contribution in [0.4, 0.5) is 0 Å². The molecule has 1 amide bonds. The van der Waals surface area contributed by atoms with E-state index < -0.39 is 17.7 Å². The van der Waals surface area contributed by atoms with Crippen molar-refractivity contribution in [3.8, 4) is 11.5 Å². The highest BCUT2D eigenvalue weighted by atomic mass is 16.5. The van der Waals surface area contributed by atoms with Gasteiger partial charge >= 0.3 is 0 Å². The van der Waals surface area contributed by atoms with Crippen LogP contribution in [0.5, 0.6) is 11.5 Å². The number of ketones is 1. The summed E-state index contributed by atoms with van der Waals surface area (Å²) >= 11 is 0. The molecule has 1 aliphatic heterocycles. The van der Waals surface area contributed by atoms with E-state index in [2.05, 4.69) is 11.6 Å². The van der Waals surface area contributed by atoms with Gasteiger partial charge in [0.1, 0.15) is 23.9 Å². The van der Waals surface area contributed by atoms with Gasteiger partial charge in [0.25, 0.3) is 11.7 Å². The zero-order valence-corrected chi connectivity index (χ0v) is 20.2. The second-order valence-electron chi connectivity index (χ2n) is 8.28. The number of nitrogens with zero attached hydrogens (tertiary/aromatic N) is 3. The van der Waals surface area contributed by atoms with E-state index in [4.69, 9.17) is 9.47 Å². The molecule has 2 heterocycles. The van der Waals surface area contributed by atoms with Crippen molar-refractivity contribution < 1.29 is 24.2 Å². The molecule has 4 rings (SSSR count). The highest BCUT2D eigenvalue weighted by molar-refractivity contribution is 6.46. The largest absolute Gasteiger partial charge is 0.507 e. The Bertz CT molecular complexity index is 1250. The number of amides is 1. The summed E-state index contributed by atoms with van der Waals surface area (Å²) in [7, 11) is 0. The van der Waals surface area contributed by atoms with Crippen LogP contribution in [0.15, 0.2) is 85.5 Å². The van der Waals surface area contributed by atoms with Gasteiger partial charge in [-0.25, -0.2) is 4.98 Å². The lowest BCUT2D eigenvalue weighted by atomic mass is 9.95. The Kier molecular flexibility index (Phi) is 7.85. The topological polar surface area (TPSA) is 93.9 Å². The van der Waals surface area contributed by atoms with Crippen molar-refractivity contribution in [2.75, 3.05) is 19.8 Å². The van der Waals surface area contributed by atoms with Gasteiger partial charge in [-0.3, -0.25) is 9.59 Å². The van der Waals surface area contributed by atoms with Crippen LogP contribution in [0.1, 0.15) is 30.5 Å². The monoisotopic (exact) mass is 487 g/mol. The maximum atomic E-state index is 13.2. The number of Topliss-reactive ketones (excluding diaryl/α,β-unsaturated/α-hetero) is 1. The molecular weight excluding hydrogens is 458 g/mol. The number of likely N-dealkylation sites (tertiary alicyclic amines) is 1. The number of aromatic nitrogens is 2. The van der Waals surface area contributed by atoms with Gasteiger partial charge in [-0.2, -0.15) is 0 Å². The molecule has 8 nitrogen and oxygen atoms in total. The van der Waals surface area contributed by atoms with E-state index in [0.717, 1.165) is 0 Å².